The predicted octanol–water partition coefficient (Wildman–Crippen LogP) is 2.48. The Morgan fingerprint density at radius 1 is 1.12 bits per heavy atom. The first-order valence-corrected chi connectivity index (χ1v) is 13.7. The average molecular weight is 549 g/mol. The van der Waals surface area contributed by atoms with E-state index in [1.54, 1.807) is 16.8 Å². The third kappa shape index (κ3) is 5.23. The molecule has 40 heavy (non-hydrogen) atoms. The molecule has 0 atom stereocenters. The van der Waals surface area contributed by atoms with Crippen LogP contribution in [0.15, 0.2) is 53.8 Å². The summed E-state index contributed by atoms with van der Waals surface area (Å²) < 4.78 is 18.0. The van der Waals surface area contributed by atoms with Crippen molar-refractivity contribution in [2.24, 2.45) is 13.0 Å². The van der Waals surface area contributed by atoms with Gasteiger partial charge in [-0.1, -0.05) is 0 Å². The topological polar surface area (TPSA) is 123 Å². The molecule has 0 radical (unpaired) electrons. The number of likely N-dealkylation sites (tertiary alicyclic amines) is 1. The maximum atomic E-state index is 13.3. The lowest BCUT2D eigenvalue weighted by Gasteiger charge is -2.40. The Balaban J connectivity index is 1.05. The molecular formula is C28H33FN8O3. The third-order valence-corrected chi connectivity index (χ3v) is 8.24. The van der Waals surface area contributed by atoms with E-state index in [1.165, 1.54) is 33.9 Å². The van der Waals surface area contributed by atoms with E-state index in [-0.39, 0.29) is 29.7 Å². The summed E-state index contributed by atoms with van der Waals surface area (Å²) in [5.41, 5.74) is -0.464. The van der Waals surface area contributed by atoms with E-state index in [0.717, 1.165) is 31.5 Å². The summed E-state index contributed by atoms with van der Waals surface area (Å²) in [5, 5.41) is 23.7. The Bertz CT molecular complexity index is 1560. The molecule has 4 heterocycles. The van der Waals surface area contributed by atoms with Gasteiger partial charge in [-0.3, -0.25) is 18.8 Å². The van der Waals surface area contributed by atoms with Gasteiger partial charge in [-0.05, 0) is 62.8 Å². The summed E-state index contributed by atoms with van der Waals surface area (Å²) in [6.45, 7) is 0.992. The number of hydrogen-bond acceptors (Lipinski definition) is 7. The van der Waals surface area contributed by atoms with Crippen LogP contribution in [0.25, 0.3) is 16.7 Å². The number of nitrogens with one attached hydrogen (secondary N) is 1. The molecule has 11 nitrogen and oxygen atoms in total. The van der Waals surface area contributed by atoms with E-state index in [4.69, 9.17) is 0 Å². The van der Waals surface area contributed by atoms with Gasteiger partial charge < -0.3 is 15.3 Å². The molecule has 2 N–H and O–H groups in total. The van der Waals surface area contributed by atoms with Crippen molar-refractivity contribution in [2.45, 2.75) is 56.7 Å². The van der Waals surface area contributed by atoms with Crippen LogP contribution in [0.5, 0.6) is 0 Å². The smallest absolute Gasteiger partial charge is 0.264 e. The largest absolute Gasteiger partial charge is 0.388 e. The number of amides is 1. The minimum Gasteiger partial charge on any atom is -0.388 e. The van der Waals surface area contributed by atoms with Crippen LogP contribution in [-0.4, -0.2) is 69.8 Å². The van der Waals surface area contributed by atoms with Gasteiger partial charge in [0.2, 0.25) is 5.91 Å². The van der Waals surface area contributed by atoms with Crippen LogP contribution >= 0.6 is 0 Å². The monoisotopic (exact) mass is 548 g/mol. The molecule has 0 unspecified atom stereocenters. The first-order valence-electron chi connectivity index (χ1n) is 13.7. The SMILES string of the molecule is Cn1ccc(NC2CCC(C(=O)N3CCC(O)(Cn4cnc5c(cnn5-c5ccc(F)cc5)c4=O)CC3)CC2)n1. The molecule has 2 fully saturated rings. The molecule has 210 valence electrons. The molecule has 1 aliphatic carbocycles. The van der Waals surface area contributed by atoms with Crippen molar-refractivity contribution in [3.8, 4) is 5.69 Å². The van der Waals surface area contributed by atoms with Gasteiger partial charge in [0.15, 0.2) is 5.65 Å². The quantitative estimate of drug-likeness (QED) is 0.380. The van der Waals surface area contributed by atoms with Crippen molar-refractivity contribution in [2.75, 3.05) is 18.4 Å². The first kappa shape index (κ1) is 26.2. The van der Waals surface area contributed by atoms with Gasteiger partial charge in [-0.2, -0.15) is 10.2 Å². The normalized spacial score (nSPS) is 21.0. The second kappa shape index (κ2) is 10.5. The van der Waals surface area contributed by atoms with Gasteiger partial charge in [0.1, 0.15) is 23.3 Å². The van der Waals surface area contributed by atoms with E-state index in [2.05, 4.69) is 20.5 Å². The highest BCUT2D eigenvalue weighted by Crippen LogP contribution is 2.31. The number of aromatic nitrogens is 6. The van der Waals surface area contributed by atoms with E-state index in [0.29, 0.717) is 48.7 Å². The van der Waals surface area contributed by atoms with Crippen molar-refractivity contribution in [3.63, 3.8) is 0 Å². The number of carbonyl (C=O) groups is 1. The van der Waals surface area contributed by atoms with Gasteiger partial charge in [-0.25, -0.2) is 14.1 Å². The fourth-order valence-corrected chi connectivity index (χ4v) is 5.90. The Hall–Kier alpha value is -4.06. The molecule has 4 aromatic rings. The van der Waals surface area contributed by atoms with Crippen molar-refractivity contribution >= 4 is 22.8 Å². The molecule has 1 amide bonds. The van der Waals surface area contributed by atoms with Crippen LogP contribution in [0.3, 0.4) is 0 Å². The number of anilines is 1. The second-order valence-electron chi connectivity index (χ2n) is 11.1. The zero-order valence-electron chi connectivity index (χ0n) is 22.4. The van der Waals surface area contributed by atoms with Gasteiger partial charge in [0.25, 0.3) is 5.56 Å². The lowest BCUT2D eigenvalue weighted by Crippen LogP contribution is -2.51. The zero-order chi connectivity index (χ0) is 27.9. The number of aliphatic hydroxyl groups is 1. The Morgan fingerprint density at radius 2 is 1.85 bits per heavy atom. The minimum absolute atomic E-state index is 0.000142. The van der Waals surface area contributed by atoms with E-state index in [9.17, 15) is 19.1 Å². The lowest BCUT2D eigenvalue weighted by atomic mass is 9.84. The fraction of sp³-hybridized carbons (Fsp3) is 0.464. The predicted molar refractivity (Wildman–Crippen MR) is 146 cm³/mol. The van der Waals surface area contributed by atoms with Gasteiger partial charge >= 0.3 is 0 Å². The van der Waals surface area contributed by atoms with Crippen LogP contribution in [0, 0.1) is 11.7 Å². The molecule has 6 rings (SSSR count). The summed E-state index contributed by atoms with van der Waals surface area (Å²) >= 11 is 0. The highest BCUT2D eigenvalue weighted by molar-refractivity contribution is 5.79. The third-order valence-electron chi connectivity index (χ3n) is 8.24. The van der Waals surface area contributed by atoms with Gasteiger partial charge in [0.05, 0.1) is 24.0 Å². The standard InChI is InChI=1S/C28H33FN8O3/c1-34-13-10-24(33-34)32-21-6-2-19(3-7-21)26(38)35-14-11-28(40,12-15-35)17-36-18-30-25-23(27(36)39)16-31-37(25)22-8-4-20(29)5-9-22/h4-5,8-10,13,16,18-19,21,40H,2-3,6-7,11-12,14-15,17H2,1H3,(H,32,33). The number of benzene rings is 1. The Labute approximate surface area is 230 Å². The van der Waals surface area contributed by atoms with Crippen LogP contribution in [0.2, 0.25) is 0 Å². The molecule has 1 aliphatic heterocycles. The summed E-state index contributed by atoms with van der Waals surface area (Å²) in [6, 6.07) is 8.05. The van der Waals surface area contributed by atoms with Gasteiger partial charge in [0, 0.05) is 44.4 Å². The molecule has 0 spiro atoms. The number of aryl methyl sites for hydroxylation is 1. The van der Waals surface area contributed by atoms with Crippen molar-refractivity contribution in [1.82, 2.24) is 34.0 Å². The molecule has 2 aliphatic rings. The lowest BCUT2D eigenvalue weighted by molar-refractivity contribution is -0.141. The Kier molecular flexibility index (Phi) is 6.87. The molecule has 1 saturated heterocycles. The molecule has 1 aromatic carbocycles. The second-order valence-corrected chi connectivity index (χ2v) is 11.1. The van der Waals surface area contributed by atoms with E-state index >= 15 is 0 Å². The average Bonchev–Trinajstić information content (AvgIpc) is 3.57. The number of hydrogen-bond donors (Lipinski definition) is 2. The minimum atomic E-state index is -1.12. The zero-order valence-corrected chi connectivity index (χ0v) is 22.4. The number of carbonyl (C=O) groups excluding carboxylic acids is 1. The highest BCUT2D eigenvalue weighted by atomic mass is 19.1. The summed E-state index contributed by atoms with van der Waals surface area (Å²) in [7, 11) is 1.89. The number of rotatable bonds is 6. The van der Waals surface area contributed by atoms with Crippen LogP contribution in [0.1, 0.15) is 38.5 Å². The van der Waals surface area contributed by atoms with E-state index in [1.807, 2.05) is 24.2 Å². The van der Waals surface area contributed by atoms with E-state index < -0.39 is 5.60 Å². The summed E-state index contributed by atoms with van der Waals surface area (Å²) in [6.07, 6.45) is 9.03. The number of piperidine rings is 1. The molecule has 12 heteroatoms. The fourth-order valence-electron chi connectivity index (χ4n) is 5.90. The molecular weight excluding hydrogens is 515 g/mol. The van der Waals surface area contributed by atoms with Crippen LogP contribution in [0.4, 0.5) is 10.2 Å². The van der Waals surface area contributed by atoms with Crippen LogP contribution < -0.4 is 10.9 Å². The van der Waals surface area contributed by atoms with Crippen molar-refractivity contribution < 1.29 is 14.3 Å². The number of halogens is 1. The first-order chi connectivity index (χ1) is 19.3. The van der Waals surface area contributed by atoms with Crippen molar-refractivity contribution in [3.05, 3.63) is 65.2 Å². The molecule has 0 bridgehead atoms. The number of fused-ring (bicyclic) bond motifs is 1. The summed E-state index contributed by atoms with van der Waals surface area (Å²) in [5.74, 6) is 0.659. The molecule has 1 saturated carbocycles. The maximum Gasteiger partial charge on any atom is 0.264 e. The highest BCUT2D eigenvalue weighted by Gasteiger charge is 2.37. The van der Waals surface area contributed by atoms with Gasteiger partial charge in [-0.15, -0.1) is 0 Å². The van der Waals surface area contributed by atoms with Crippen LogP contribution in [-0.2, 0) is 18.4 Å². The number of nitrogens with zero attached hydrogens (tertiary/aromatic N) is 7. The Morgan fingerprint density at radius 3 is 2.52 bits per heavy atom. The summed E-state index contributed by atoms with van der Waals surface area (Å²) in [4.78, 5) is 32.7. The van der Waals surface area contributed by atoms with Crippen molar-refractivity contribution in [1.29, 1.82) is 0 Å². The maximum absolute atomic E-state index is 13.3. The molecule has 3 aromatic heterocycles.